The van der Waals surface area contributed by atoms with E-state index in [4.69, 9.17) is 4.74 Å². The van der Waals surface area contributed by atoms with Crippen LogP contribution in [0.4, 0.5) is 0 Å². The molecule has 0 radical (unpaired) electrons. The predicted molar refractivity (Wildman–Crippen MR) is 79.1 cm³/mol. The lowest BCUT2D eigenvalue weighted by Crippen LogP contribution is -1.95. The number of Topliss-reactive ketones (excluding diaryl/α,β-unsaturated/α-hetero) is 1. The van der Waals surface area contributed by atoms with Crippen LogP contribution in [0.1, 0.15) is 57.4 Å². The van der Waals surface area contributed by atoms with E-state index in [1.54, 1.807) is 6.92 Å². The van der Waals surface area contributed by atoms with Crippen molar-refractivity contribution in [1.29, 1.82) is 0 Å². The maximum Gasteiger partial charge on any atom is 0.129 e. The molecule has 1 aromatic carbocycles. The van der Waals surface area contributed by atoms with Crippen LogP contribution in [0.3, 0.4) is 0 Å². The molecule has 0 unspecified atom stereocenters. The van der Waals surface area contributed by atoms with Crippen molar-refractivity contribution in [2.75, 3.05) is 6.61 Å². The van der Waals surface area contributed by atoms with Crippen LogP contribution < -0.4 is 0 Å². The summed E-state index contributed by atoms with van der Waals surface area (Å²) in [4.78, 5) is 10.8. The number of rotatable bonds is 11. The Morgan fingerprint density at radius 1 is 0.947 bits per heavy atom. The third kappa shape index (κ3) is 9.43. The Labute approximate surface area is 117 Å². The van der Waals surface area contributed by atoms with Gasteiger partial charge in [-0.05, 0) is 25.3 Å². The van der Waals surface area contributed by atoms with Gasteiger partial charge in [0, 0.05) is 13.0 Å². The molecule has 2 heteroatoms. The van der Waals surface area contributed by atoms with E-state index >= 15 is 0 Å². The molecule has 1 aromatic rings. The first-order chi connectivity index (χ1) is 9.29. The lowest BCUT2D eigenvalue weighted by atomic mass is 10.1. The van der Waals surface area contributed by atoms with E-state index in [1.807, 2.05) is 18.2 Å². The van der Waals surface area contributed by atoms with Crippen LogP contribution in [0.15, 0.2) is 30.3 Å². The number of ketones is 1. The van der Waals surface area contributed by atoms with Crippen LogP contribution in [-0.4, -0.2) is 12.4 Å². The largest absolute Gasteiger partial charge is 0.377 e. The minimum absolute atomic E-state index is 0.314. The quantitative estimate of drug-likeness (QED) is 0.548. The minimum Gasteiger partial charge on any atom is -0.377 e. The monoisotopic (exact) mass is 262 g/mol. The van der Waals surface area contributed by atoms with Crippen LogP contribution >= 0.6 is 0 Å². The maximum absolute atomic E-state index is 10.8. The van der Waals surface area contributed by atoms with E-state index in [9.17, 15) is 4.79 Å². The van der Waals surface area contributed by atoms with Gasteiger partial charge in [-0.25, -0.2) is 0 Å². The van der Waals surface area contributed by atoms with Gasteiger partial charge >= 0.3 is 0 Å². The van der Waals surface area contributed by atoms with E-state index in [2.05, 4.69) is 12.1 Å². The van der Waals surface area contributed by atoms with Crippen molar-refractivity contribution in [2.24, 2.45) is 0 Å². The van der Waals surface area contributed by atoms with E-state index in [-0.39, 0.29) is 0 Å². The Balaban J connectivity index is 1.83. The Kier molecular flexibility index (Phi) is 8.99. The topological polar surface area (TPSA) is 26.3 Å². The summed E-state index contributed by atoms with van der Waals surface area (Å²) in [6.07, 6.45) is 7.86. The number of hydrogen-bond acceptors (Lipinski definition) is 2. The zero-order valence-electron chi connectivity index (χ0n) is 12.1. The molecule has 0 heterocycles. The minimum atomic E-state index is 0.314. The molecule has 106 valence electrons. The molecular formula is C17H26O2. The number of carbonyl (C=O) groups excluding carboxylic acids is 1. The van der Waals surface area contributed by atoms with Crippen molar-refractivity contribution in [2.45, 2.75) is 58.5 Å². The number of benzene rings is 1. The summed E-state index contributed by atoms with van der Waals surface area (Å²) in [5.41, 5.74) is 1.24. The summed E-state index contributed by atoms with van der Waals surface area (Å²) in [6, 6.07) is 10.3. The zero-order valence-corrected chi connectivity index (χ0v) is 12.1. The SMILES string of the molecule is CC(=O)CCCCCCCCOCc1ccccc1. The fourth-order valence-corrected chi connectivity index (χ4v) is 2.05. The molecule has 0 N–H and O–H groups in total. The smallest absolute Gasteiger partial charge is 0.129 e. The molecule has 0 fully saturated rings. The molecule has 0 aromatic heterocycles. The predicted octanol–water partition coefficient (Wildman–Crippen LogP) is 4.52. The highest BCUT2D eigenvalue weighted by Gasteiger charge is 1.95. The highest BCUT2D eigenvalue weighted by molar-refractivity contribution is 5.75. The van der Waals surface area contributed by atoms with Crippen molar-refractivity contribution < 1.29 is 9.53 Å². The Morgan fingerprint density at radius 3 is 2.26 bits per heavy atom. The standard InChI is InChI=1S/C17H26O2/c1-16(18)11-7-4-2-3-5-10-14-19-15-17-12-8-6-9-13-17/h6,8-9,12-13H,2-5,7,10-11,14-15H2,1H3. The van der Waals surface area contributed by atoms with Crippen molar-refractivity contribution in [3.8, 4) is 0 Å². The second-order valence-corrected chi connectivity index (χ2v) is 5.11. The van der Waals surface area contributed by atoms with E-state index in [0.29, 0.717) is 5.78 Å². The number of unbranched alkanes of at least 4 members (excludes halogenated alkanes) is 5. The average Bonchev–Trinajstić information content (AvgIpc) is 2.42. The summed E-state index contributed by atoms with van der Waals surface area (Å²) >= 11 is 0. The van der Waals surface area contributed by atoms with Crippen molar-refractivity contribution >= 4 is 5.78 Å². The molecule has 0 atom stereocenters. The van der Waals surface area contributed by atoms with Gasteiger partial charge in [0.15, 0.2) is 0 Å². The van der Waals surface area contributed by atoms with Crippen LogP contribution in [0.5, 0.6) is 0 Å². The molecule has 0 spiro atoms. The van der Waals surface area contributed by atoms with Gasteiger partial charge in [0.05, 0.1) is 6.61 Å². The zero-order chi connectivity index (χ0) is 13.8. The van der Waals surface area contributed by atoms with Gasteiger partial charge in [0.25, 0.3) is 0 Å². The molecule has 2 nitrogen and oxygen atoms in total. The second kappa shape index (κ2) is 10.7. The van der Waals surface area contributed by atoms with Gasteiger partial charge in [-0.1, -0.05) is 56.0 Å². The van der Waals surface area contributed by atoms with Crippen LogP contribution in [0, 0.1) is 0 Å². The lowest BCUT2D eigenvalue weighted by Gasteiger charge is -2.04. The number of carbonyl (C=O) groups is 1. The Morgan fingerprint density at radius 2 is 1.58 bits per heavy atom. The van der Waals surface area contributed by atoms with Crippen molar-refractivity contribution in [1.82, 2.24) is 0 Å². The molecule has 0 saturated carbocycles. The highest BCUT2D eigenvalue weighted by Crippen LogP contribution is 2.08. The molecule has 0 aliphatic heterocycles. The molecule has 0 amide bonds. The fourth-order valence-electron chi connectivity index (χ4n) is 2.05. The van der Waals surface area contributed by atoms with Gasteiger partial charge in [0.1, 0.15) is 5.78 Å². The maximum atomic E-state index is 10.8. The Bertz CT molecular complexity index is 332. The normalized spacial score (nSPS) is 10.6. The first-order valence-corrected chi connectivity index (χ1v) is 7.40. The van der Waals surface area contributed by atoms with Crippen molar-refractivity contribution in [3.63, 3.8) is 0 Å². The van der Waals surface area contributed by atoms with Gasteiger partial charge in [-0.3, -0.25) is 0 Å². The molecule has 0 aliphatic rings. The van der Waals surface area contributed by atoms with E-state index < -0.39 is 0 Å². The molecule has 19 heavy (non-hydrogen) atoms. The first kappa shape index (κ1) is 15.9. The van der Waals surface area contributed by atoms with Crippen molar-refractivity contribution in [3.05, 3.63) is 35.9 Å². The number of hydrogen-bond donors (Lipinski definition) is 0. The third-order valence-electron chi connectivity index (χ3n) is 3.18. The van der Waals surface area contributed by atoms with Gasteiger partial charge in [-0.2, -0.15) is 0 Å². The number of ether oxygens (including phenoxy) is 1. The third-order valence-corrected chi connectivity index (χ3v) is 3.18. The fraction of sp³-hybridized carbons (Fsp3) is 0.588. The van der Waals surface area contributed by atoms with E-state index in [0.717, 1.165) is 32.5 Å². The summed E-state index contributed by atoms with van der Waals surface area (Å²) in [5.74, 6) is 0.314. The van der Waals surface area contributed by atoms with E-state index in [1.165, 1.54) is 31.2 Å². The average molecular weight is 262 g/mol. The van der Waals surface area contributed by atoms with Gasteiger partial charge < -0.3 is 9.53 Å². The first-order valence-electron chi connectivity index (χ1n) is 7.40. The van der Waals surface area contributed by atoms with Crippen LogP contribution in [-0.2, 0) is 16.1 Å². The summed E-state index contributed by atoms with van der Waals surface area (Å²) in [5, 5.41) is 0. The van der Waals surface area contributed by atoms with Gasteiger partial charge in [0.2, 0.25) is 0 Å². The molecule has 0 aliphatic carbocycles. The molecule has 0 saturated heterocycles. The highest BCUT2D eigenvalue weighted by atomic mass is 16.5. The molecule has 0 bridgehead atoms. The summed E-state index contributed by atoms with van der Waals surface area (Å²) in [6.45, 7) is 3.24. The lowest BCUT2D eigenvalue weighted by molar-refractivity contribution is -0.117. The summed E-state index contributed by atoms with van der Waals surface area (Å²) in [7, 11) is 0. The van der Waals surface area contributed by atoms with Crippen LogP contribution in [0.2, 0.25) is 0 Å². The van der Waals surface area contributed by atoms with Crippen LogP contribution in [0.25, 0.3) is 0 Å². The summed E-state index contributed by atoms with van der Waals surface area (Å²) < 4.78 is 5.63. The molecular weight excluding hydrogens is 236 g/mol. The Hall–Kier alpha value is -1.15. The second-order valence-electron chi connectivity index (χ2n) is 5.11. The van der Waals surface area contributed by atoms with Gasteiger partial charge in [-0.15, -0.1) is 0 Å². The molecule has 1 rings (SSSR count).